The molecule has 1 fully saturated rings. The zero-order valence-corrected chi connectivity index (χ0v) is 18.3. The molecule has 5 heteroatoms. The fourth-order valence-electron chi connectivity index (χ4n) is 4.55. The molecule has 0 amide bonds. The molecule has 5 nitrogen and oxygen atoms in total. The molecule has 2 aromatic carbocycles. The number of nitrogens with zero attached hydrogens (tertiary/aromatic N) is 2. The summed E-state index contributed by atoms with van der Waals surface area (Å²) in [4.78, 5) is 20.2. The predicted molar refractivity (Wildman–Crippen MR) is 128 cm³/mol. The minimum atomic E-state index is -0.206. The second-order valence-corrected chi connectivity index (χ2v) is 8.32. The fourth-order valence-corrected chi connectivity index (χ4v) is 4.55. The van der Waals surface area contributed by atoms with Gasteiger partial charge in [0.1, 0.15) is 11.4 Å². The van der Waals surface area contributed by atoms with Gasteiger partial charge in [0.25, 0.3) is 5.56 Å². The second kappa shape index (κ2) is 9.29. The zero-order chi connectivity index (χ0) is 21.8. The van der Waals surface area contributed by atoms with E-state index in [0.29, 0.717) is 17.3 Å². The maximum Gasteiger partial charge on any atom is 0.275 e. The van der Waals surface area contributed by atoms with Crippen molar-refractivity contribution in [1.82, 2.24) is 4.98 Å². The first-order valence-electron chi connectivity index (χ1n) is 11.2. The van der Waals surface area contributed by atoms with Crippen molar-refractivity contribution in [3.63, 3.8) is 0 Å². The molecule has 1 aliphatic heterocycles. The summed E-state index contributed by atoms with van der Waals surface area (Å²) in [6.07, 6.45) is 3.65. The van der Waals surface area contributed by atoms with Crippen LogP contribution in [0.2, 0.25) is 0 Å². The van der Waals surface area contributed by atoms with E-state index in [1.807, 2.05) is 53.2 Å². The highest BCUT2D eigenvalue weighted by Crippen LogP contribution is 2.41. The van der Waals surface area contributed by atoms with E-state index in [-0.39, 0.29) is 11.3 Å². The van der Waals surface area contributed by atoms with Gasteiger partial charge in [-0.25, -0.2) is 0 Å². The third-order valence-corrected chi connectivity index (χ3v) is 6.25. The summed E-state index contributed by atoms with van der Waals surface area (Å²) in [5.41, 5.74) is 3.91. The van der Waals surface area contributed by atoms with Crippen LogP contribution in [0.15, 0.2) is 65.5 Å². The molecule has 3 aromatic rings. The van der Waals surface area contributed by atoms with Gasteiger partial charge < -0.3 is 19.9 Å². The van der Waals surface area contributed by atoms with Gasteiger partial charge in [-0.1, -0.05) is 61.9 Å². The van der Waals surface area contributed by atoms with E-state index >= 15 is 0 Å². The van der Waals surface area contributed by atoms with Gasteiger partial charge in [-0.15, -0.1) is 0 Å². The van der Waals surface area contributed by atoms with Gasteiger partial charge in [-0.2, -0.15) is 0 Å². The van der Waals surface area contributed by atoms with E-state index in [9.17, 15) is 9.90 Å². The monoisotopic (exact) mass is 417 g/mol. The van der Waals surface area contributed by atoms with Crippen molar-refractivity contribution in [1.29, 1.82) is 0 Å². The number of aryl methyl sites for hydroxylation is 1. The Labute approximate surface area is 184 Å². The van der Waals surface area contributed by atoms with Crippen LogP contribution in [0.25, 0.3) is 0 Å². The lowest BCUT2D eigenvalue weighted by atomic mass is 9.99. The molecule has 1 aromatic heterocycles. The third kappa shape index (κ3) is 4.31. The lowest BCUT2D eigenvalue weighted by molar-refractivity contribution is 0.472. The summed E-state index contributed by atoms with van der Waals surface area (Å²) in [5.74, 6) is 0.435. The molecule has 0 saturated carbocycles. The van der Waals surface area contributed by atoms with Gasteiger partial charge in [-0.3, -0.25) is 4.79 Å². The van der Waals surface area contributed by atoms with Gasteiger partial charge in [0.05, 0.1) is 0 Å². The highest BCUT2D eigenvalue weighted by atomic mass is 16.3. The summed E-state index contributed by atoms with van der Waals surface area (Å²) in [7, 11) is 1.94. The van der Waals surface area contributed by atoms with Crippen molar-refractivity contribution < 1.29 is 5.11 Å². The van der Waals surface area contributed by atoms with Gasteiger partial charge in [0, 0.05) is 37.4 Å². The normalized spacial score (nSPS) is 15.9. The molecular weight excluding hydrogens is 386 g/mol. The smallest absolute Gasteiger partial charge is 0.275 e. The minimum Gasteiger partial charge on any atom is -0.504 e. The van der Waals surface area contributed by atoms with Gasteiger partial charge >= 0.3 is 0 Å². The highest BCUT2D eigenvalue weighted by Gasteiger charge is 2.30. The van der Waals surface area contributed by atoms with Crippen LogP contribution in [0.1, 0.15) is 43.4 Å². The molecule has 1 saturated heterocycles. The molecule has 0 bridgehead atoms. The summed E-state index contributed by atoms with van der Waals surface area (Å²) >= 11 is 0. The zero-order valence-electron chi connectivity index (χ0n) is 18.3. The second-order valence-electron chi connectivity index (χ2n) is 8.32. The van der Waals surface area contributed by atoms with E-state index in [0.717, 1.165) is 50.2 Å². The number of para-hydroxylation sites is 1. The standard InChI is InChI=1S/C26H31N3O2/c1-3-4-15-22-23(28(2)21-13-9-6-10-14-21)25(30)24(26(31)27-22)29-17-16-20(18-29)19-11-7-5-8-12-19/h5-14,20H,3-4,15-18H2,1-2H3,(H2,27,30,31)/t20-/m0/s1. The van der Waals surface area contributed by atoms with Crippen LogP contribution in [-0.2, 0) is 6.42 Å². The Morgan fingerprint density at radius 2 is 1.77 bits per heavy atom. The highest BCUT2D eigenvalue weighted by molar-refractivity contribution is 5.78. The number of H-pyrrole nitrogens is 1. The van der Waals surface area contributed by atoms with Gasteiger partial charge in [0.15, 0.2) is 5.75 Å². The molecule has 0 unspecified atom stereocenters. The molecule has 4 rings (SSSR count). The number of hydrogen-bond acceptors (Lipinski definition) is 4. The summed E-state index contributed by atoms with van der Waals surface area (Å²) in [6.45, 7) is 3.60. The lowest BCUT2D eigenvalue weighted by Crippen LogP contribution is -2.29. The summed E-state index contributed by atoms with van der Waals surface area (Å²) in [5, 5.41) is 11.4. The van der Waals surface area contributed by atoms with E-state index in [4.69, 9.17) is 0 Å². The fraction of sp³-hybridized carbons (Fsp3) is 0.346. The number of aromatic hydroxyl groups is 1. The molecule has 2 N–H and O–H groups in total. The van der Waals surface area contributed by atoms with Crippen molar-refractivity contribution >= 4 is 17.1 Å². The average molecular weight is 418 g/mol. The SMILES string of the molecule is CCCCc1[nH]c(=O)c(N2CC[C@H](c3ccccc3)C2)c(O)c1N(C)c1ccccc1. The van der Waals surface area contributed by atoms with Crippen LogP contribution in [0.5, 0.6) is 5.75 Å². The minimum absolute atomic E-state index is 0.0786. The topological polar surface area (TPSA) is 59.6 Å². The van der Waals surface area contributed by atoms with E-state index < -0.39 is 0 Å². The van der Waals surface area contributed by atoms with Crippen molar-refractivity contribution in [2.24, 2.45) is 0 Å². The number of hydrogen-bond donors (Lipinski definition) is 2. The summed E-state index contributed by atoms with van der Waals surface area (Å²) in [6, 6.07) is 20.4. The summed E-state index contributed by atoms with van der Waals surface area (Å²) < 4.78 is 0. The quantitative estimate of drug-likeness (QED) is 0.556. The number of nitrogens with one attached hydrogen (secondary N) is 1. The van der Waals surface area contributed by atoms with Crippen LogP contribution in [-0.4, -0.2) is 30.2 Å². The maximum absolute atomic E-state index is 13.1. The molecule has 0 aliphatic carbocycles. The van der Waals surface area contributed by atoms with Crippen molar-refractivity contribution in [2.75, 3.05) is 29.9 Å². The third-order valence-electron chi connectivity index (χ3n) is 6.25. The predicted octanol–water partition coefficient (Wildman–Crippen LogP) is 5.18. The molecule has 1 atom stereocenters. The van der Waals surface area contributed by atoms with E-state index in [2.05, 4.69) is 36.2 Å². The first kappa shape index (κ1) is 21.0. The van der Waals surface area contributed by atoms with Crippen LogP contribution >= 0.6 is 0 Å². The van der Waals surface area contributed by atoms with Crippen LogP contribution in [0, 0.1) is 0 Å². The number of aromatic amines is 1. The Bertz CT molecular complexity index is 1060. The van der Waals surface area contributed by atoms with Gasteiger partial charge in [0.2, 0.25) is 0 Å². The number of anilines is 3. The molecule has 0 radical (unpaired) electrons. The van der Waals surface area contributed by atoms with Crippen LogP contribution in [0.3, 0.4) is 0 Å². The average Bonchev–Trinajstić information content (AvgIpc) is 3.28. The number of unbranched alkanes of at least 4 members (excludes halogenated alkanes) is 1. The molecule has 2 heterocycles. The number of aromatic nitrogens is 1. The van der Waals surface area contributed by atoms with Crippen LogP contribution in [0.4, 0.5) is 17.1 Å². The Morgan fingerprint density at radius 3 is 2.45 bits per heavy atom. The van der Waals surface area contributed by atoms with Crippen LogP contribution < -0.4 is 15.4 Å². The van der Waals surface area contributed by atoms with E-state index in [1.165, 1.54) is 5.56 Å². The largest absolute Gasteiger partial charge is 0.504 e. The molecule has 31 heavy (non-hydrogen) atoms. The Hall–Kier alpha value is -3.21. The first-order valence-corrected chi connectivity index (χ1v) is 11.2. The maximum atomic E-state index is 13.1. The Kier molecular flexibility index (Phi) is 6.31. The molecule has 0 spiro atoms. The number of pyridine rings is 1. The van der Waals surface area contributed by atoms with Crippen molar-refractivity contribution in [3.8, 4) is 5.75 Å². The molecule has 1 aliphatic rings. The van der Waals surface area contributed by atoms with Crippen molar-refractivity contribution in [3.05, 3.63) is 82.3 Å². The van der Waals surface area contributed by atoms with Gasteiger partial charge in [-0.05, 0) is 37.0 Å². The Morgan fingerprint density at radius 1 is 1.10 bits per heavy atom. The lowest BCUT2D eigenvalue weighted by Gasteiger charge is -2.27. The number of rotatable bonds is 7. The molecule has 162 valence electrons. The molecular formula is C26H31N3O2. The Balaban J connectivity index is 1.73. The first-order chi connectivity index (χ1) is 15.1. The number of benzene rings is 2. The van der Waals surface area contributed by atoms with Crippen molar-refractivity contribution in [2.45, 2.75) is 38.5 Å². The van der Waals surface area contributed by atoms with E-state index in [1.54, 1.807) is 0 Å².